The van der Waals surface area contributed by atoms with Gasteiger partial charge in [0.05, 0.1) is 24.9 Å². The van der Waals surface area contributed by atoms with Gasteiger partial charge in [0.1, 0.15) is 11.9 Å². The summed E-state index contributed by atoms with van der Waals surface area (Å²) < 4.78 is 12.3. The van der Waals surface area contributed by atoms with E-state index in [-0.39, 0.29) is 12.6 Å². The molecule has 1 atom stereocenters. The third kappa shape index (κ3) is 4.20. The number of fused-ring (bicyclic) bond motifs is 1. The number of anilines is 1. The van der Waals surface area contributed by atoms with Crippen LogP contribution in [0, 0.1) is 0 Å². The molecule has 2 heterocycles. The zero-order chi connectivity index (χ0) is 17.6. The Morgan fingerprint density at radius 2 is 2.24 bits per heavy atom. The van der Waals surface area contributed by atoms with Crippen molar-refractivity contribution in [1.82, 2.24) is 9.88 Å². The van der Waals surface area contributed by atoms with Gasteiger partial charge in [-0.2, -0.15) is 0 Å². The second kappa shape index (κ2) is 7.87. The molecule has 3 N–H and O–H groups in total. The Bertz CT molecular complexity index is 826. The number of carbonyl (C=O) groups is 1. The fourth-order valence-electron chi connectivity index (χ4n) is 2.59. The summed E-state index contributed by atoms with van der Waals surface area (Å²) in [4.78, 5) is 12.0. The number of methoxy groups -OCH3 is 1. The van der Waals surface area contributed by atoms with E-state index in [0.717, 1.165) is 17.4 Å². The SMILES string of the molecule is COCCn1ccc2ccc(NC(=O)NCC(O)c3ccco3)cc21. The van der Waals surface area contributed by atoms with Gasteiger partial charge in [-0.3, -0.25) is 0 Å². The molecule has 0 aliphatic rings. The van der Waals surface area contributed by atoms with Gasteiger partial charge < -0.3 is 29.5 Å². The Hall–Kier alpha value is -2.77. The van der Waals surface area contributed by atoms with E-state index < -0.39 is 6.10 Å². The molecule has 7 heteroatoms. The molecule has 2 aromatic heterocycles. The molecule has 0 radical (unpaired) electrons. The quantitative estimate of drug-likeness (QED) is 0.615. The number of aliphatic hydroxyl groups excluding tert-OH is 1. The summed E-state index contributed by atoms with van der Waals surface area (Å²) >= 11 is 0. The molecule has 132 valence electrons. The lowest BCUT2D eigenvalue weighted by molar-refractivity contribution is 0.149. The molecule has 0 saturated carbocycles. The maximum atomic E-state index is 12.0. The number of urea groups is 1. The number of aromatic nitrogens is 1. The number of ether oxygens (including phenoxy) is 1. The summed E-state index contributed by atoms with van der Waals surface area (Å²) in [7, 11) is 1.67. The van der Waals surface area contributed by atoms with Gasteiger partial charge in [-0.15, -0.1) is 0 Å². The second-order valence-corrected chi connectivity index (χ2v) is 5.64. The zero-order valence-electron chi connectivity index (χ0n) is 13.9. The molecule has 1 unspecified atom stereocenters. The minimum atomic E-state index is -0.880. The van der Waals surface area contributed by atoms with Gasteiger partial charge in [0, 0.05) is 25.5 Å². The number of hydrogen-bond acceptors (Lipinski definition) is 4. The molecule has 3 aromatic rings. The van der Waals surface area contributed by atoms with Crippen molar-refractivity contribution in [3.05, 3.63) is 54.6 Å². The summed E-state index contributed by atoms with van der Waals surface area (Å²) in [6.45, 7) is 1.42. The van der Waals surface area contributed by atoms with Crippen LogP contribution >= 0.6 is 0 Å². The number of carbonyl (C=O) groups excluding carboxylic acids is 1. The lowest BCUT2D eigenvalue weighted by atomic mass is 10.2. The van der Waals surface area contributed by atoms with E-state index in [4.69, 9.17) is 9.15 Å². The van der Waals surface area contributed by atoms with Crippen molar-refractivity contribution in [3.63, 3.8) is 0 Å². The number of aliphatic hydroxyl groups is 1. The number of nitrogens with one attached hydrogen (secondary N) is 2. The lowest BCUT2D eigenvalue weighted by Crippen LogP contribution is -2.32. The number of hydrogen-bond donors (Lipinski definition) is 3. The fourth-order valence-corrected chi connectivity index (χ4v) is 2.59. The molecule has 3 rings (SSSR count). The van der Waals surface area contributed by atoms with Crippen molar-refractivity contribution >= 4 is 22.6 Å². The van der Waals surface area contributed by atoms with Crippen LogP contribution in [0.3, 0.4) is 0 Å². The van der Waals surface area contributed by atoms with Crippen LogP contribution in [0.15, 0.2) is 53.3 Å². The maximum Gasteiger partial charge on any atom is 0.319 e. The van der Waals surface area contributed by atoms with Gasteiger partial charge in [0.15, 0.2) is 0 Å². The van der Waals surface area contributed by atoms with Crippen LogP contribution in [-0.2, 0) is 11.3 Å². The van der Waals surface area contributed by atoms with E-state index in [1.165, 1.54) is 6.26 Å². The second-order valence-electron chi connectivity index (χ2n) is 5.64. The fraction of sp³-hybridized carbons (Fsp3) is 0.278. The number of rotatable bonds is 7. The van der Waals surface area contributed by atoms with Crippen LogP contribution in [0.25, 0.3) is 10.9 Å². The summed E-state index contributed by atoms with van der Waals surface area (Å²) in [5, 5.41) is 16.4. The van der Waals surface area contributed by atoms with E-state index in [0.29, 0.717) is 18.1 Å². The average Bonchev–Trinajstić information content (AvgIpc) is 3.27. The Balaban J connectivity index is 1.60. The number of amides is 2. The summed E-state index contributed by atoms with van der Waals surface area (Å²) in [6.07, 6.45) is 2.59. The summed E-state index contributed by atoms with van der Waals surface area (Å²) in [6, 6.07) is 10.7. The zero-order valence-corrected chi connectivity index (χ0v) is 13.9. The Labute approximate surface area is 145 Å². The van der Waals surface area contributed by atoms with E-state index in [1.54, 1.807) is 19.2 Å². The Morgan fingerprint density at radius 3 is 3.00 bits per heavy atom. The first-order valence-corrected chi connectivity index (χ1v) is 8.01. The van der Waals surface area contributed by atoms with Crippen molar-refractivity contribution in [1.29, 1.82) is 0 Å². The van der Waals surface area contributed by atoms with Crippen molar-refractivity contribution in [2.45, 2.75) is 12.6 Å². The predicted octanol–water partition coefficient (Wildman–Crippen LogP) is 2.74. The van der Waals surface area contributed by atoms with Crippen molar-refractivity contribution in [3.8, 4) is 0 Å². The highest BCUT2D eigenvalue weighted by Gasteiger charge is 2.12. The molecule has 2 amide bonds. The van der Waals surface area contributed by atoms with Gasteiger partial charge in [-0.25, -0.2) is 4.79 Å². The summed E-state index contributed by atoms with van der Waals surface area (Å²) in [5.41, 5.74) is 1.69. The number of nitrogens with zero attached hydrogens (tertiary/aromatic N) is 1. The monoisotopic (exact) mass is 343 g/mol. The van der Waals surface area contributed by atoms with E-state index >= 15 is 0 Å². The molecule has 0 bridgehead atoms. The first-order chi connectivity index (χ1) is 12.2. The Morgan fingerprint density at radius 1 is 1.36 bits per heavy atom. The maximum absolute atomic E-state index is 12.0. The molecule has 0 spiro atoms. The van der Waals surface area contributed by atoms with Crippen LogP contribution in [-0.4, -0.2) is 36.0 Å². The standard InChI is InChI=1S/C18H21N3O4/c1-24-10-8-21-7-6-13-4-5-14(11-15(13)21)20-18(23)19-12-16(22)17-3-2-9-25-17/h2-7,9,11,16,22H,8,10,12H2,1H3,(H2,19,20,23). The third-order valence-electron chi connectivity index (χ3n) is 3.90. The largest absolute Gasteiger partial charge is 0.467 e. The Kier molecular flexibility index (Phi) is 5.37. The first-order valence-electron chi connectivity index (χ1n) is 8.01. The topological polar surface area (TPSA) is 88.7 Å². The molecule has 0 fully saturated rings. The normalized spacial score (nSPS) is 12.2. The van der Waals surface area contributed by atoms with Gasteiger partial charge in [0.2, 0.25) is 0 Å². The first kappa shape index (κ1) is 17.1. The van der Waals surface area contributed by atoms with Gasteiger partial charge in [0.25, 0.3) is 0 Å². The summed E-state index contributed by atoms with van der Waals surface area (Å²) in [5.74, 6) is 0.415. The number of benzene rings is 1. The van der Waals surface area contributed by atoms with Crippen LogP contribution in [0.5, 0.6) is 0 Å². The van der Waals surface area contributed by atoms with Crippen molar-refractivity contribution in [2.24, 2.45) is 0 Å². The molecule has 0 aliphatic carbocycles. The molecule has 0 aliphatic heterocycles. The van der Waals surface area contributed by atoms with Gasteiger partial charge in [-0.05, 0) is 35.7 Å². The van der Waals surface area contributed by atoms with E-state index in [2.05, 4.69) is 15.2 Å². The molecule has 7 nitrogen and oxygen atoms in total. The van der Waals surface area contributed by atoms with Crippen LogP contribution in [0.2, 0.25) is 0 Å². The van der Waals surface area contributed by atoms with Crippen LogP contribution in [0.4, 0.5) is 10.5 Å². The number of furan rings is 1. The highest BCUT2D eigenvalue weighted by molar-refractivity contribution is 5.92. The lowest BCUT2D eigenvalue weighted by Gasteiger charge is -2.11. The highest BCUT2D eigenvalue weighted by Crippen LogP contribution is 2.20. The van der Waals surface area contributed by atoms with Gasteiger partial charge >= 0.3 is 6.03 Å². The molecular weight excluding hydrogens is 322 g/mol. The van der Waals surface area contributed by atoms with Crippen LogP contribution < -0.4 is 10.6 Å². The van der Waals surface area contributed by atoms with Crippen LogP contribution in [0.1, 0.15) is 11.9 Å². The minimum Gasteiger partial charge on any atom is -0.467 e. The minimum absolute atomic E-state index is 0.0613. The smallest absolute Gasteiger partial charge is 0.319 e. The van der Waals surface area contributed by atoms with Crippen molar-refractivity contribution < 1.29 is 19.1 Å². The average molecular weight is 343 g/mol. The molecule has 0 saturated heterocycles. The van der Waals surface area contributed by atoms with E-state index in [9.17, 15) is 9.90 Å². The molecule has 25 heavy (non-hydrogen) atoms. The highest BCUT2D eigenvalue weighted by atomic mass is 16.5. The molecular formula is C18H21N3O4. The van der Waals surface area contributed by atoms with Crippen molar-refractivity contribution in [2.75, 3.05) is 25.6 Å². The molecule has 1 aromatic carbocycles. The van der Waals surface area contributed by atoms with Gasteiger partial charge in [-0.1, -0.05) is 6.07 Å². The third-order valence-corrected chi connectivity index (χ3v) is 3.90. The van der Waals surface area contributed by atoms with E-state index in [1.807, 2.05) is 30.5 Å². The predicted molar refractivity (Wildman–Crippen MR) is 94.5 cm³/mol.